The first-order chi connectivity index (χ1) is 17.9. The third-order valence-corrected chi connectivity index (χ3v) is 6.75. The summed E-state index contributed by atoms with van der Waals surface area (Å²) in [6, 6.07) is 1.90. The van der Waals surface area contributed by atoms with Crippen molar-refractivity contribution in [3.05, 3.63) is 81.7 Å². The van der Waals surface area contributed by atoms with Gasteiger partial charge in [-0.05, 0) is 43.4 Å². The molecule has 0 amide bonds. The Hall–Kier alpha value is -3.54. The van der Waals surface area contributed by atoms with Gasteiger partial charge in [0.15, 0.2) is 11.5 Å². The normalized spacial score (nSPS) is 19.0. The van der Waals surface area contributed by atoms with Crippen LogP contribution in [0.3, 0.4) is 0 Å². The van der Waals surface area contributed by atoms with E-state index < -0.39 is 11.8 Å². The fraction of sp³-hybridized carbons (Fsp3) is 0.360. The van der Waals surface area contributed by atoms with Crippen molar-refractivity contribution < 1.29 is 13.9 Å². The van der Waals surface area contributed by atoms with Crippen molar-refractivity contribution in [2.24, 2.45) is 5.73 Å². The lowest BCUT2D eigenvalue weighted by molar-refractivity contribution is 0.0602. The number of likely N-dealkylation sites (N-methyl/N-ethyl adjacent to an activating group) is 1. The second-order valence-corrected chi connectivity index (χ2v) is 9.58. The van der Waals surface area contributed by atoms with Crippen LogP contribution in [0.25, 0.3) is 5.65 Å². The topological polar surface area (TPSA) is 112 Å². The summed E-state index contributed by atoms with van der Waals surface area (Å²) in [6.45, 7) is 3.71. The van der Waals surface area contributed by atoms with E-state index in [0.717, 1.165) is 29.8 Å². The van der Waals surface area contributed by atoms with Crippen molar-refractivity contribution >= 4 is 23.2 Å². The number of nitrogens with zero attached hydrogens (tertiary/aromatic N) is 4. The van der Waals surface area contributed by atoms with Gasteiger partial charge in [0.05, 0.1) is 35.8 Å². The molecule has 10 nitrogen and oxygen atoms in total. The highest BCUT2D eigenvalue weighted by atomic mass is 35.5. The Balaban J connectivity index is 1.23. The number of hydrogen-bond acceptors (Lipinski definition) is 9. The van der Waals surface area contributed by atoms with Crippen molar-refractivity contribution in [1.29, 1.82) is 0 Å². The largest absolute Gasteiger partial charge is 0.465 e. The molecular formula is C25H30ClFN8O2. The fourth-order valence-electron chi connectivity index (χ4n) is 4.44. The minimum atomic E-state index is -0.525. The summed E-state index contributed by atoms with van der Waals surface area (Å²) in [7, 11) is 1.38. The van der Waals surface area contributed by atoms with Crippen LogP contribution in [-0.2, 0) is 11.3 Å². The standard InChI is InChI=1S/C25H30ClFN8O2/c1-3-33-7-6-20(26)22(27)23(33)21(28)10-29-9-17-13-35(32-31-17)14-18-12-34-11-16(15-4-5-15)8-19(24(34)30-18)25(36)37-2/h6-8,11-13,15,29,31-32H,3-5,9-10,14,28H2,1-2H3/b23-21-. The first kappa shape index (κ1) is 25.1. The summed E-state index contributed by atoms with van der Waals surface area (Å²) in [5.41, 5.74) is 16.9. The van der Waals surface area contributed by atoms with Gasteiger partial charge in [0.1, 0.15) is 5.56 Å². The average molecular weight is 529 g/mol. The van der Waals surface area contributed by atoms with Crippen molar-refractivity contribution in [2.75, 3.05) is 26.7 Å². The van der Waals surface area contributed by atoms with Gasteiger partial charge in [-0.3, -0.25) is 5.01 Å². The maximum atomic E-state index is 14.6. The molecule has 5 rings (SSSR count). The number of rotatable bonds is 9. The molecule has 1 aliphatic carbocycles. The van der Waals surface area contributed by atoms with Crippen LogP contribution in [0.5, 0.6) is 0 Å². The van der Waals surface area contributed by atoms with Gasteiger partial charge < -0.3 is 30.5 Å². The Morgan fingerprint density at radius 2 is 2.19 bits per heavy atom. The number of allylic oxidation sites excluding steroid dienone is 3. The van der Waals surface area contributed by atoms with Crippen LogP contribution in [0.15, 0.2) is 64.9 Å². The first-order valence-corrected chi connectivity index (χ1v) is 12.5. The molecule has 5 N–H and O–H groups in total. The first-order valence-electron chi connectivity index (χ1n) is 12.2. The van der Waals surface area contributed by atoms with Crippen LogP contribution in [0.2, 0.25) is 0 Å². The van der Waals surface area contributed by atoms with Crippen molar-refractivity contribution in [3.8, 4) is 0 Å². The van der Waals surface area contributed by atoms with E-state index in [2.05, 4.69) is 21.3 Å². The highest BCUT2D eigenvalue weighted by Crippen LogP contribution is 2.40. The molecule has 12 heteroatoms. The van der Waals surface area contributed by atoms with Crippen LogP contribution in [-0.4, -0.2) is 52.0 Å². The molecule has 0 bridgehead atoms. The average Bonchev–Trinajstić information content (AvgIpc) is 3.53. The number of nitrogens with two attached hydrogens (primary N) is 1. The summed E-state index contributed by atoms with van der Waals surface area (Å²) in [4.78, 5) is 18.8. The number of carbonyl (C=O) groups excluding carboxylic acids is 1. The van der Waals surface area contributed by atoms with E-state index in [1.807, 2.05) is 41.0 Å². The van der Waals surface area contributed by atoms with Gasteiger partial charge in [-0.25, -0.2) is 14.2 Å². The maximum absolute atomic E-state index is 14.6. The highest BCUT2D eigenvalue weighted by Gasteiger charge is 2.27. The Morgan fingerprint density at radius 1 is 1.38 bits per heavy atom. The predicted octanol–water partition coefficient (Wildman–Crippen LogP) is 2.69. The lowest BCUT2D eigenvalue weighted by atomic mass is 10.1. The number of imidazole rings is 1. The summed E-state index contributed by atoms with van der Waals surface area (Å²) >= 11 is 5.95. The van der Waals surface area contributed by atoms with Gasteiger partial charge >= 0.3 is 5.97 Å². The number of fused-ring (bicyclic) bond motifs is 1. The summed E-state index contributed by atoms with van der Waals surface area (Å²) in [5, 5.41) is 5.12. The number of halogens is 2. The summed E-state index contributed by atoms with van der Waals surface area (Å²) in [5.74, 6) is -0.421. The molecule has 3 aliphatic rings. The van der Waals surface area contributed by atoms with E-state index in [9.17, 15) is 9.18 Å². The molecule has 0 radical (unpaired) electrons. The molecule has 0 saturated heterocycles. The zero-order valence-corrected chi connectivity index (χ0v) is 21.5. The van der Waals surface area contributed by atoms with Crippen LogP contribution in [0.1, 0.15) is 47.3 Å². The second kappa shape index (κ2) is 10.4. The number of carbonyl (C=O) groups is 1. The monoisotopic (exact) mass is 528 g/mol. The van der Waals surface area contributed by atoms with Crippen molar-refractivity contribution in [1.82, 2.24) is 35.6 Å². The fourth-order valence-corrected chi connectivity index (χ4v) is 4.59. The van der Waals surface area contributed by atoms with Crippen LogP contribution in [0.4, 0.5) is 4.39 Å². The van der Waals surface area contributed by atoms with Gasteiger partial charge in [0.2, 0.25) is 0 Å². The number of ether oxygens (including phenoxy) is 1. The minimum Gasteiger partial charge on any atom is -0.465 e. The van der Waals surface area contributed by atoms with Gasteiger partial charge in [-0.2, -0.15) is 0 Å². The molecule has 196 valence electrons. The molecule has 2 aliphatic heterocycles. The number of hydrazine groups is 2. The molecule has 0 atom stereocenters. The zero-order chi connectivity index (χ0) is 26.1. The minimum absolute atomic E-state index is 0.0390. The number of nitrogens with one attached hydrogen (secondary N) is 3. The molecule has 0 aromatic carbocycles. The van der Waals surface area contributed by atoms with E-state index in [0.29, 0.717) is 48.2 Å². The van der Waals surface area contributed by atoms with E-state index >= 15 is 0 Å². The number of pyridine rings is 1. The molecule has 1 saturated carbocycles. The van der Waals surface area contributed by atoms with Crippen LogP contribution >= 0.6 is 11.6 Å². The van der Waals surface area contributed by atoms with E-state index in [4.69, 9.17) is 22.1 Å². The van der Waals surface area contributed by atoms with E-state index in [1.165, 1.54) is 13.2 Å². The van der Waals surface area contributed by atoms with Crippen molar-refractivity contribution in [2.45, 2.75) is 32.2 Å². The van der Waals surface area contributed by atoms with Crippen molar-refractivity contribution in [3.63, 3.8) is 0 Å². The Bertz CT molecular complexity index is 1340. The SMILES string of the molecule is CCN1C=CC(Cl)=C(F)/C1=C(/N)CNCC1=CN(Cc2cn3cc(C4CC4)cc(C(=O)OC)c3n2)NN1. The summed E-state index contributed by atoms with van der Waals surface area (Å²) in [6.07, 6.45) is 11.4. The lowest BCUT2D eigenvalue weighted by Crippen LogP contribution is -2.37. The van der Waals surface area contributed by atoms with Gasteiger partial charge in [0, 0.05) is 50.1 Å². The van der Waals surface area contributed by atoms with E-state index in [-0.39, 0.29) is 11.6 Å². The van der Waals surface area contributed by atoms with E-state index in [1.54, 1.807) is 11.1 Å². The Morgan fingerprint density at radius 3 is 2.92 bits per heavy atom. The molecule has 1 fully saturated rings. The van der Waals surface area contributed by atoms with Gasteiger partial charge in [-0.1, -0.05) is 11.6 Å². The lowest BCUT2D eigenvalue weighted by Gasteiger charge is -2.26. The van der Waals surface area contributed by atoms with Gasteiger partial charge in [0.25, 0.3) is 0 Å². The quantitative estimate of drug-likeness (QED) is 0.365. The maximum Gasteiger partial charge on any atom is 0.341 e. The molecule has 37 heavy (non-hydrogen) atoms. The number of methoxy groups -OCH3 is 1. The third kappa shape index (κ3) is 5.29. The highest BCUT2D eigenvalue weighted by molar-refractivity contribution is 6.31. The Labute approximate surface area is 219 Å². The number of aromatic nitrogens is 2. The number of hydrogen-bond donors (Lipinski definition) is 4. The molecule has 2 aromatic rings. The third-order valence-electron chi connectivity index (χ3n) is 6.46. The smallest absolute Gasteiger partial charge is 0.341 e. The Kier molecular flexibility index (Phi) is 7.09. The molecule has 4 heterocycles. The van der Waals surface area contributed by atoms with Crippen LogP contribution in [0, 0.1) is 0 Å². The molecular weight excluding hydrogens is 499 g/mol. The molecule has 2 aromatic heterocycles. The predicted molar refractivity (Wildman–Crippen MR) is 138 cm³/mol. The number of esters is 1. The zero-order valence-electron chi connectivity index (χ0n) is 20.7. The second-order valence-electron chi connectivity index (χ2n) is 9.18. The molecule has 0 spiro atoms. The van der Waals surface area contributed by atoms with Gasteiger partial charge in [-0.15, -0.1) is 5.53 Å². The summed E-state index contributed by atoms with van der Waals surface area (Å²) < 4.78 is 21.4. The van der Waals surface area contributed by atoms with Crippen LogP contribution < -0.4 is 22.0 Å². The molecule has 0 unspecified atom stereocenters.